The summed E-state index contributed by atoms with van der Waals surface area (Å²) in [6.07, 6.45) is -1.09. The predicted octanol–water partition coefficient (Wildman–Crippen LogP) is 1.12. The quantitative estimate of drug-likeness (QED) is 0.402. The fourth-order valence-corrected chi connectivity index (χ4v) is 0.0839. The van der Waals surface area contributed by atoms with Gasteiger partial charge in [-0.3, -0.25) is 0 Å². The van der Waals surface area contributed by atoms with E-state index in [0.717, 1.165) is 0 Å². The van der Waals surface area contributed by atoms with Gasteiger partial charge in [0.25, 0.3) is 0 Å². The van der Waals surface area contributed by atoms with Gasteiger partial charge < -0.3 is 9.84 Å². The zero-order valence-corrected chi connectivity index (χ0v) is 3.30. The molecule has 0 fully saturated rings. The Labute approximate surface area is 39.0 Å². The fourth-order valence-electron chi connectivity index (χ4n) is 0.0839. The fraction of sp³-hybridized carbons (Fsp3) is 0. The number of carbonyl (C=O) groups is 1. The summed E-state index contributed by atoms with van der Waals surface area (Å²) < 4.78 is 14.3. The maximum atomic E-state index is 10.8. The van der Waals surface area contributed by atoms with Gasteiger partial charge in [-0.1, -0.05) is 0 Å². The van der Waals surface area contributed by atoms with Crippen molar-refractivity contribution >= 4 is 6.16 Å². The summed E-state index contributed by atoms with van der Waals surface area (Å²) in [5.41, 5.74) is 0. The molecule has 3 nitrogen and oxygen atoms in total. The molecule has 0 amide bonds. The van der Waals surface area contributed by atoms with Crippen LogP contribution in [-0.4, -0.2) is 11.3 Å². The number of ether oxygens (including phenoxy) is 1. The second kappa shape index (κ2) is 3.14. The Hall–Kier alpha value is -1.06. The van der Waals surface area contributed by atoms with E-state index in [-0.39, 0.29) is 6.33 Å². The predicted molar refractivity (Wildman–Crippen MR) is 19.4 cm³/mol. The Balaban J connectivity index is 3.14. The molecule has 0 radical (unpaired) electrons. The Morgan fingerprint density at radius 2 is 2.43 bits per heavy atom. The molecule has 0 aromatic carbocycles. The molecule has 0 aliphatic carbocycles. The highest BCUT2D eigenvalue weighted by molar-refractivity contribution is 5.57. The average Bonchev–Trinajstić information content (AvgIpc) is 1.61. The van der Waals surface area contributed by atoms with E-state index in [2.05, 4.69) is 4.74 Å². The first kappa shape index (κ1) is 5.94. The average molecular weight is 106 g/mol. The van der Waals surface area contributed by atoms with Crippen molar-refractivity contribution in [3.05, 3.63) is 12.6 Å². The van der Waals surface area contributed by atoms with Gasteiger partial charge in [0, 0.05) is 0 Å². The van der Waals surface area contributed by atoms with Gasteiger partial charge >= 0.3 is 6.16 Å². The molecular formula is C3H3FO3. The number of rotatable bonds is 1. The monoisotopic (exact) mass is 106 g/mol. The van der Waals surface area contributed by atoms with Crippen molar-refractivity contribution < 1.29 is 19.0 Å². The first-order valence-electron chi connectivity index (χ1n) is 1.42. The molecule has 0 aromatic heterocycles. The van der Waals surface area contributed by atoms with Crippen LogP contribution in [0, 0.1) is 0 Å². The van der Waals surface area contributed by atoms with Crippen LogP contribution in [0.4, 0.5) is 9.18 Å². The van der Waals surface area contributed by atoms with Gasteiger partial charge in [-0.25, -0.2) is 9.18 Å². The molecule has 0 bridgehead atoms. The third kappa shape index (κ3) is 4.94. The van der Waals surface area contributed by atoms with Gasteiger partial charge in [0.05, 0.1) is 0 Å². The molecule has 7 heavy (non-hydrogen) atoms. The lowest BCUT2D eigenvalue weighted by Gasteiger charge is -1.82. The Kier molecular flexibility index (Phi) is 2.67. The first-order valence-corrected chi connectivity index (χ1v) is 1.42. The van der Waals surface area contributed by atoms with Crippen molar-refractivity contribution in [3.63, 3.8) is 0 Å². The highest BCUT2D eigenvalue weighted by Gasteiger charge is 1.86. The van der Waals surface area contributed by atoms with Crippen molar-refractivity contribution in [2.24, 2.45) is 0 Å². The van der Waals surface area contributed by atoms with E-state index in [9.17, 15) is 9.18 Å². The summed E-state index contributed by atoms with van der Waals surface area (Å²) >= 11 is 0. The Bertz CT molecular complexity index is 88.2. The highest BCUT2D eigenvalue weighted by Crippen LogP contribution is 1.77. The van der Waals surface area contributed by atoms with Crippen LogP contribution < -0.4 is 0 Å². The zero-order chi connectivity index (χ0) is 5.70. The van der Waals surface area contributed by atoms with Crippen LogP contribution in [0.2, 0.25) is 0 Å². The van der Waals surface area contributed by atoms with Crippen LogP contribution in [0.1, 0.15) is 0 Å². The smallest absolute Gasteiger partial charge is 0.449 e. The van der Waals surface area contributed by atoms with Crippen molar-refractivity contribution in [1.82, 2.24) is 0 Å². The third-order valence-corrected chi connectivity index (χ3v) is 0.220. The van der Waals surface area contributed by atoms with Gasteiger partial charge in [0.2, 0.25) is 0 Å². The molecule has 0 saturated heterocycles. The number of halogens is 1. The second-order valence-electron chi connectivity index (χ2n) is 0.646. The van der Waals surface area contributed by atoms with Crippen molar-refractivity contribution in [1.29, 1.82) is 0 Å². The lowest BCUT2D eigenvalue weighted by molar-refractivity contribution is 0.127. The van der Waals surface area contributed by atoms with Crippen LogP contribution in [-0.2, 0) is 4.74 Å². The van der Waals surface area contributed by atoms with Crippen LogP contribution in [0.3, 0.4) is 0 Å². The van der Waals surface area contributed by atoms with Crippen molar-refractivity contribution in [2.45, 2.75) is 0 Å². The van der Waals surface area contributed by atoms with Crippen molar-refractivity contribution in [3.8, 4) is 0 Å². The molecule has 1 N–H and O–H groups in total. The number of hydrogen-bond donors (Lipinski definition) is 1. The summed E-state index contributed by atoms with van der Waals surface area (Å²) in [4.78, 5) is 9.32. The zero-order valence-electron chi connectivity index (χ0n) is 3.30. The van der Waals surface area contributed by atoms with Crippen LogP contribution in [0.15, 0.2) is 12.6 Å². The molecule has 0 unspecified atom stereocenters. The summed E-state index contributed by atoms with van der Waals surface area (Å²) in [7, 11) is 0. The highest BCUT2D eigenvalue weighted by atomic mass is 19.1. The summed E-state index contributed by atoms with van der Waals surface area (Å²) in [6, 6.07) is 0. The van der Waals surface area contributed by atoms with Gasteiger partial charge in [-0.2, -0.15) is 0 Å². The number of carboxylic acid groups (broad SMARTS) is 1. The van der Waals surface area contributed by atoms with E-state index in [4.69, 9.17) is 5.11 Å². The Morgan fingerprint density at radius 3 is 2.57 bits per heavy atom. The second-order valence-corrected chi connectivity index (χ2v) is 0.646. The van der Waals surface area contributed by atoms with Crippen LogP contribution >= 0.6 is 0 Å². The minimum Gasteiger partial charge on any atom is -0.449 e. The molecule has 0 aromatic rings. The van der Waals surface area contributed by atoms with Gasteiger partial charge in [0.15, 0.2) is 0 Å². The molecule has 0 atom stereocenters. The van der Waals surface area contributed by atoms with Crippen LogP contribution in [0.5, 0.6) is 0 Å². The van der Waals surface area contributed by atoms with Gasteiger partial charge in [-0.15, -0.1) is 0 Å². The minimum absolute atomic E-state index is 0.00583. The maximum absolute atomic E-state index is 10.8. The molecule has 0 rings (SSSR count). The van der Waals surface area contributed by atoms with Crippen LogP contribution in [0.25, 0.3) is 0 Å². The maximum Gasteiger partial charge on any atom is 0.510 e. The molecule has 0 aliphatic heterocycles. The molecule has 0 saturated carbocycles. The summed E-state index contributed by atoms with van der Waals surface area (Å²) in [5.74, 6) is 0. The molecule has 40 valence electrons. The standard InChI is InChI=1S/C3H3FO3/c4-1-2-7-3(5)6/h1-2H,(H,5,6). The summed E-state index contributed by atoms with van der Waals surface area (Å²) in [6.45, 7) is 0. The van der Waals surface area contributed by atoms with E-state index in [0.29, 0.717) is 6.26 Å². The largest absolute Gasteiger partial charge is 0.510 e. The normalized spacial score (nSPS) is 9.29. The van der Waals surface area contributed by atoms with E-state index in [1.54, 1.807) is 0 Å². The summed E-state index contributed by atoms with van der Waals surface area (Å²) in [5, 5.41) is 7.60. The van der Waals surface area contributed by atoms with E-state index < -0.39 is 6.16 Å². The van der Waals surface area contributed by atoms with Gasteiger partial charge in [-0.05, 0) is 0 Å². The van der Waals surface area contributed by atoms with Gasteiger partial charge in [0.1, 0.15) is 12.6 Å². The van der Waals surface area contributed by atoms with E-state index in [1.807, 2.05) is 0 Å². The molecule has 0 spiro atoms. The van der Waals surface area contributed by atoms with E-state index >= 15 is 0 Å². The minimum atomic E-state index is -1.52. The topological polar surface area (TPSA) is 46.5 Å². The first-order chi connectivity index (χ1) is 3.27. The SMILES string of the molecule is O=C(O)OC=CF. The molecular weight excluding hydrogens is 103 g/mol. The van der Waals surface area contributed by atoms with E-state index in [1.165, 1.54) is 0 Å². The lowest BCUT2D eigenvalue weighted by atomic mass is 11.1. The third-order valence-electron chi connectivity index (χ3n) is 0.220. The molecule has 4 heteroatoms. The molecule has 0 aliphatic rings. The van der Waals surface area contributed by atoms with Crippen molar-refractivity contribution in [2.75, 3.05) is 0 Å². The lowest BCUT2D eigenvalue weighted by Crippen LogP contribution is -1.90. The molecule has 0 heterocycles. The Morgan fingerprint density at radius 1 is 1.86 bits per heavy atom. The number of hydrogen-bond acceptors (Lipinski definition) is 2.